The summed E-state index contributed by atoms with van der Waals surface area (Å²) in [6, 6.07) is 34.1. The third kappa shape index (κ3) is 8.69. The summed E-state index contributed by atoms with van der Waals surface area (Å²) in [6.07, 6.45) is 0.433. The van der Waals surface area contributed by atoms with Crippen LogP contribution in [0.5, 0.6) is 17.2 Å². The number of nitrogens with one attached hydrogen (secondary N) is 2. The molecular formula is C44H42ClN3O6. The second-order valence-corrected chi connectivity index (χ2v) is 13.6. The van der Waals surface area contributed by atoms with E-state index in [1.165, 1.54) is 18.2 Å². The summed E-state index contributed by atoms with van der Waals surface area (Å²) >= 11 is 0. The maximum Gasteiger partial charge on any atom is 0.328 e. The number of methoxy groups -OCH3 is 1. The van der Waals surface area contributed by atoms with Crippen LogP contribution in [0.4, 0.5) is 0 Å². The summed E-state index contributed by atoms with van der Waals surface area (Å²) in [5, 5.41) is 15.3. The molecule has 1 amide bonds. The van der Waals surface area contributed by atoms with Gasteiger partial charge >= 0.3 is 5.97 Å². The van der Waals surface area contributed by atoms with E-state index in [4.69, 9.17) is 24.2 Å². The van der Waals surface area contributed by atoms with Crippen LogP contribution in [-0.4, -0.2) is 37.7 Å². The molecule has 10 heteroatoms. The van der Waals surface area contributed by atoms with Crippen molar-refractivity contribution in [3.63, 3.8) is 0 Å². The highest BCUT2D eigenvalue weighted by molar-refractivity contribution is 5.88. The van der Waals surface area contributed by atoms with Crippen LogP contribution in [0.1, 0.15) is 50.6 Å². The van der Waals surface area contributed by atoms with E-state index >= 15 is 0 Å². The molecule has 0 aromatic heterocycles. The Bertz CT molecular complexity index is 2160. The zero-order valence-corrected chi connectivity index (χ0v) is 31.2. The fourth-order valence-electron chi connectivity index (χ4n) is 6.68. The highest BCUT2D eigenvalue weighted by atomic mass is 35.5. The van der Waals surface area contributed by atoms with Crippen LogP contribution in [-0.2, 0) is 40.3 Å². The molecule has 0 aliphatic carbocycles. The van der Waals surface area contributed by atoms with Crippen LogP contribution in [0.15, 0.2) is 103 Å². The summed E-state index contributed by atoms with van der Waals surface area (Å²) in [7, 11) is 1.32. The Hall–Kier alpha value is -5.82. The van der Waals surface area contributed by atoms with Crippen molar-refractivity contribution in [3.8, 4) is 34.4 Å². The third-order valence-corrected chi connectivity index (χ3v) is 9.98. The smallest absolute Gasteiger partial charge is 0.328 e. The monoisotopic (exact) mass is 743 g/mol. The van der Waals surface area contributed by atoms with Gasteiger partial charge < -0.3 is 29.6 Å². The molecule has 7 rings (SSSR count). The first-order valence-electron chi connectivity index (χ1n) is 17.7. The van der Waals surface area contributed by atoms with Crippen molar-refractivity contribution < 1.29 is 28.5 Å². The fourth-order valence-corrected chi connectivity index (χ4v) is 6.68. The number of halogens is 1. The number of benzene rings is 5. The van der Waals surface area contributed by atoms with Gasteiger partial charge in [-0.15, -0.1) is 12.4 Å². The highest BCUT2D eigenvalue weighted by Gasteiger charge is 2.31. The van der Waals surface area contributed by atoms with Crippen molar-refractivity contribution in [1.29, 1.82) is 5.26 Å². The molecule has 276 valence electrons. The van der Waals surface area contributed by atoms with Gasteiger partial charge in [-0.05, 0) is 107 Å². The van der Waals surface area contributed by atoms with E-state index in [0.29, 0.717) is 43.2 Å². The van der Waals surface area contributed by atoms with Crippen LogP contribution in [0.25, 0.3) is 11.1 Å². The number of rotatable bonds is 10. The van der Waals surface area contributed by atoms with Gasteiger partial charge in [0.2, 0.25) is 5.91 Å². The van der Waals surface area contributed by atoms with E-state index in [9.17, 15) is 9.59 Å². The Morgan fingerprint density at radius 3 is 2.24 bits per heavy atom. The predicted octanol–water partition coefficient (Wildman–Crippen LogP) is 7.27. The van der Waals surface area contributed by atoms with Gasteiger partial charge in [-0.3, -0.25) is 4.79 Å². The van der Waals surface area contributed by atoms with Gasteiger partial charge in [-0.1, -0.05) is 66.7 Å². The quantitative estimate of drug-likeness (QED) is 0.144. The number of amides is 1. The first kappa shape index (κ1) is 37.9. The number of fused-ring (bicyclic) bond motifs is 2. The van der Waals surface area contributed by atoms with Crippen LogP contribution in [0.3, 0.4) is 0 Å². The summed E-state index contributed by atoms with van der Waals surface area (Å²) in [4.78, 5) is 26.3. The zero-order chi connectivity index (χ0) is 36.9. The van der Waals surface area contributed by atoms with Gasteiger partial charge in [-0.2, -0.15) is 5.26 Å². The normalized spacial score (nSPS) is 16.1. The molecule has 3 atom stereocenters. The summed E-state index contributed by atoms with van der Waals surface area (Å²) in [5.41, 5.74) is 10.1. The molecule has 0 radical (unpaired) electrons. The maximum atomic E-state index is 13.5. The molecule has 0 saturated carbocycles. The minimum Gasteiger partial charge on any atom is -0.489 e. The number of hydrogen-bond donors (Lipinski definition) is 2. The zero-order valence-electron chi connectivity index (χ0n) is 30.4. The van der Waals surface area contributed by atoms with Crippen molar-refractivity contribution in [2.45, 2.75) is 58.0 Å². The van der Waals surface area contributed by atoms with E-state index in [-0.39, 0.29) is 30.8 Å². The lowest BCUT2D eigenvalue weighted by molar-refractivity contribution is -0.145. The summed E-state index contributed by atoms with van der Waals surface area (Å²) < 4.78 is 23.7. The van der Waals surface area contributed by atoms with Gasteiger partial charge in [0, 0.05) is 13.0 Å². The minimum absolute atomic E-state index is 0. The molecule has 2 N–H and O–H groups in total. The fraction of sp³-hybridized carbons (Fsp3) is 0.250. The number of carbonyl (C=O) groups is 2. The molecule has 0 saturated heterocycles. The Labute approximate surface area is 321 Å². The molecule has 0 bridgehead atoms. The first-order chi connectivity index (χ1) is 25.8. The number of ether oxygens (including phenoxy) is 4. The lowest BCUT2D eigenvalue weighted by Crippen LogP contribution is -2.53. The third-order valence-electron chi connectivity index (χ3n) is 9.98. The second kappa shape index (κ2) is 16.9. The summed E-state index contributed by atoms with van der Waals surface area (Å²) in [6.45, 7) is 5.52. The lowest BCUT2D eigenvalue weighted by Gasteiger charge is -2.31. The Balaban J connectivity index is 0.00000497. The van der Waals surface area contributed by atoms with E-state index in [2.05, 4.69) is 48.7 Å². The molecule has 2 aliphatic rings. The van der Waals surface area contributed by atoms with Crippen LogP contribution >= 0.6 is 12.4 Å². The molecule has 54 heavy (non-hydrogen) atoms. The predicted molar refractivity (Wildman–Crippen MR) is 208 cm³/mol. The van der Waals surface area contributed by atoms with Gasteiger partial charge in [0.05, 0.1) is 24.8 Å². The van der Waals surface area contributed by atoms with Gasteiger partial charge in [0.15, 0.2) is 17.6 Å². The standard InChI is InChI=1S/C44H41N3O6.ClH/c1-27-4-5-31(18-28(27)2)25-51-37-16-14-34(15-17-37)42-26-52-40-21-35-20-38(46-24-36(35)22-41(40)53-42)43(48)47-39(44(49)50-3)19-29-6-10-32(11-7-29)33-12-8-30(23-45)9-13-33;/h4-18,21-22,38-39,42,46H,19-20,24-26H2,1-3H3,(H,47,48);1H/t38?,39-,42+;/m0./s1. The molecule has 2 aliphatic heterocycles. The number of hydrogen-bond acceptors (Lipinski definition) is 8. The Kier molecular flexibility index (Phi) is 11.9. The average molecular weight is 744 g/mol. The molecule has 5 aromatic rings. The van der Waals surface area contributed by atoms with Crippen LogP contribution < -0.4 is 24.8 Å². The molecule has 2 heterocycles. The Morgan fingerprint density at radius 1 is 0.870 bits per heavy atom. The molecule has 1 unspecified atom stereocenters. The van der Waals surface area contributed by atoms with Gasteiger partial charge in [-0.25, -0.2) is 4.79 Å². The number of carbonyl (C=O) groups excluding carboxylic acids is 2. The SMILES string of the molecule is COC(=O)[C@H](Cc1ccc(-c2ccc(C#N)cc2)cc1)NC(=O)C1Cc2cc3c(cc2CN1)O[C@@H](c1ccc(OCc2ccc(C)c(C)c2)cc1)CO3.Cl. The number of aryl methyl sites for hydroxylation is 2. The van der Waals surface area contributed by atoms with Crippen molar-refractivity contribution >= 4 is 24.3 Å². The van der Waals surface area contributed by atoms with Crippen LogP contribution in [0.2, 0.25) is 0 Å². The van der Waals surface area contributed by atoms with E-state index in [0.717, 1.165) is 44.7 Å². The van der Waals surface area contributed by atoms with Crippen molar-refractivity contribution in [3.05, 3.63) is 148 Å². The topological polar surface area (TPSA) is 119 Å². The first-order valence-corrected chi connectivity index (χ1v) is 17.7. The van der Waals surface area contributed by atoms with Crippen molar-refractivity contribution in [2.75, 3.05) is 13.7 Å². The number of nitriles is 1. The van der Waals surface area contributed by atoms with Crippen molar-refractivity contribution in [1.82, 2.24) is 10.6 Å². The largest absolute Gasteiger partial charge is 0.489 e. The summed E-state index contributed by atoms with van der Waals surface area (Å²) in [5.74, 6) is 1.30. The second-order valence-electron chi connectivity index (χ2n) is 13.6. The van der Waals surface area contributed by atoms with E-state index < -0.39 is 18.1 Å². The van der Waals surface area contributed by atoms with Crippen LogP contribution in [0, 0.1) is 25.2 Å². The van der Waals surface area contributed by atoms with Crippen molar-refractivity contribution in [2.24, 2.45) is 0 Å². The molecule has 0 fully saturated rings. The lowest BCUT2D eigenvalue weighted by atomic mass is 9.94. The van der Waals surface area contributed by atoms with E-state index in [1.807, 2.05) is 72.8 Å². The molecule has 5 aromatic carbocycles. The van der Waals surface area contributed by atoms with Gasteiger partial charge in [0.25, 0.3) is 0 Å². The molecular weight excluding hydrogens is 702 g/mol. The van der Waals surface area contributed by atoms with E-state index in [1.54, 1.807) is 12.1 Å². The average Bonchev–Trinajstić information content (AvgIpc) is 3.20. The van der Waals surface area contributed by atoms with Gasteiger partial charge in [0.1, 0.15) is 25.0 Å². The molecule has 9 nitrogen and oxygen atoms in total. The Morgan fingerprint density at radius 2 is 1.56 bits per heavy atom. The number of nitrogens with zero attached hydrogens (tertiary/aromatic N) is 1. The highest BCUT2D eigenvalue weighted by Crippen LogP contribution is 2.40. The molecule has 0 spiro atoms. The maximum absolute atomic E-state index is 13.5. The minimum atomic E-state index is -0.855. The number of esters is 1.